The first kappa shape index (κ1) is 20.5. The highest BCUT2D eigenvalue weighted by Gasteiger charge is 2.50. The molecule has 166 valence electrons. The first-order valence-corrected chi connectivity index (χ1v) is 10.3. The maximum atomic E-state index is 13.1. The van der Waals surface area contributed by atoms with Gasteiger partial charge in [-0.25, -0.2) is 14.8 Å². The van der Waals surface area contributed by atoms with Crippen LogP contribution >= 0.6 is 0 Å². The number of hydrogen-bond acceptors (Lipinski definition) is 6. The van der Waals surface area contributed by atoms with E-state index in [1.165, 1.54) is 4.57 Å². The molecule has 33 heavy (non-hydrogen) atoms. The second-order valence-corrected chi connectivity index (χ2v) is 7.90. The van der Waals surface area contributed by atoms with E-state index in [-0.39, 0.29) is 12.4 Å². The Morgan fingerprint density at radius 2 is 1.88 bits per heavy atom. The Hall–Kier alpha value is -4.40. The molecule has 0 saturated carbocycles. The first-order chi connectivity index (χ1) is 15.9. The summed E-state index contributed by atoms with van der Waals surface area (Å²) in [6, 6.07) is 15.9. The number of carbonyl (C=O) groups excluding carboxylic acids is 2. The number of aromatic hydroxyl groups is 1. The highest BCUT2D eigenvalue weighted by molar-refractivity contribution is 6.07. The van der Waals surface area contributed by atoms with Crippen LogP contribution in [0.15, 0.2) is 60.8 Å². The van der Waals surface area contributed by atoms with E-state index in [1.807, 2.05) is 36.4 Å². The van der Waals surface area contributed by atoms with Gasteiger partial charge in [-0.05, 0) is 31.2 Å². The molecule has 2 aromatic heterocycles. The van der Waals surface area contributed by atoms with E-state index < -0.39 is 17.5 Å². The number of hydrogen-bond donors (Lipinski definition) is 3. The molecule has 3 amide bonds. The van der Waals surface area contributed by atoms with E-state index in [0.29, 0.717) is 28.3 Å². The van der Waals surface area contributed by atoms with Gasteiger partial charge in [0.05, 0.1) is 25.0 Å². The molecule has 0 aliphatic carbocycles. The van der Waals surface area contributed by atoms with Crippen LogP contribution in [-0.4, -0.2) is 38.7 Å². The fraction of sp³-hybridized carbons (Fsp3) is 0.167. The van der Waals surface area contributed by atoms with Gasteiger partial charge in [-0.1, -0.05) is 30.3 Å². The lowest BCUT2D eigenvalue weighted by Gasteiger charge is -2.27. The topological polar surface area (TPSA) is 118 Å². The Kier molecular flexibility index (Phi) is 4.74. The third kappa shape index (κ3) is 3.43. The zero-order valence-electron chi connectivity index (χ0n) is 18.0. The maximum absolute atomic E-state index is 13.1. The third-order valence-electron chi connectivity index (χ3n) is 5.76. The van der Waals surface area contributed by atoms with Crippen molar-refractivity contribution in [3.05, 3.63) is 72.3 Å². The van der Waals surface area contributed by atoms with Crippen LogP contribution in [0.1, 0.15) is 11.5 Å². The Morgan fingerprint density at radius 3 is 2.58 bits per heavy atom. The van der Waals surface area contributed by atoms with E-state index in [0.717, 1.165) is 10.9 Å². The molecule has 3 N–H and O–H groups in total. The number of aryl methyl sites for hydroxylation is 1. The number of nitrogens with zero attached hydrogens (tertiary/aromatic N) is 3. The van der Waals surface area contributed by atoms with Crippen LogP contribution in [0.4, 0.5) is 4.79 Å². The summed E-state index contributed by atoms with van der Waals surface area (Å²) in [6.07, 6.45) is 1.72. The van der Waals surface area contributed by atoms with Crippen LogP contribution in [0, 0.1) is 6.92 Å². The number of urea groups is 1. The lowest BCUT2D eigenvalue weighted by molar-refractivity contribution is -0.125. The van der Waals surface area contributed by atoms with E-state index >= 15 is 0 Å². The van der Waals surface area contributed by atoms with Gasteiger partial charge in [0.15, 0.2) is 11.4 Å². The largest absolute Gasteiger partial charge is 0.497 e. The molecular weight excluding hydrogens is 422 g/mol. The van der Waals surface area contributed by atoms with Gasteiger partial charge in [0.2, 0.25) is 0 Å². The fourth-order valence-electron chi connectivity index (χ4n) is 4.14. The summed E-state index contributed by atoms with van der Waals surface area (Å²) in [6.45, 7) is 1.66. The number of imide groups is 1. The summed E-state index contributed by atoms with van der Waals surface area (Å²) < 4.78 is 6.77. The molecule has 9 nitrogen and oxygen atoms in total. The Balaban J connectivity index is 1.65. The molecule has 9 heteroatoms. The molecule has 4 aromatic rings. The van der Waals surface area contributed by atoms with Gasteiger partial charge in [0.25, 0.3) is 5.91 Å². The molecule has 1 aliphatic rings. The normalized spacial score (nSPS) is 17.8. The molecule has 0 radical (unpaired) electrons. The third-order valence-corrected chi connectivity index (χ3v) is 5.76. The average Bonchev–Trinajstić information content (AvgIpc) is 3.28. The SMILES string of the molecule is COc1ccc2cn(C[C@@]3(c4cc(-c5ccccc5)nc(C)n4)NC(=O)NC3=O)c(O)c2c1. The first-order valence-electron chi connectivity index (χ1n) is 10.3. The number of benzene rings is 2. The van der Waals surface area contributed by atoms with Crippen LogP contribution in [-0.2, 0) is 16.9 Å². The Bertz CT molecular complexity index is 1400. The molecule has 5 rings (SSSR count). The number of ether oxygens (including phenoxy) is 1. The number of amides is 3. The quantitative estimate of drug-likeness (QED) is 0.408. The molecule has 1 aliphatic heterocycles. The van der Waals surface area contributed by atoms with Crippen LogP contribution in [0.25, 0.3) is 22.0 Å². The summed E-state index contributed by atoms with van der Waals surface area (Å²) in [4.78, 5) is 34.4. The van der Waals surface area contributed by atoms with Crippen molar-refractivity contribution < 1.29 is 19.4 Å². The zero-order valence-corrected chi connectivity index (χ0v) is 18.0. The van der Waals surface area contributed by atoms with Crippen LogP contribution < -0.4 is 15.4 Å². The molecule has 0 bridgehead atoms. The van der Waals surface area contributed by atoms with Gasteiger partial charge in [0, 0.05) is 22.5 Å². The molecule has 1 fully saturated rings. The smallest absolute Gasteiger partial charge is 0.322 e. The number of aromatic nitrogens is 3. The second-order valence-electron chi connectivity index (χ2n) is 7.90. The van der Waals surface area contributed by atoms with Gasteiger partial charge in [-0.2, -0.15) is 0 Å². The minimum absolute atomic E-state index is 0.0497. The maximum Gasteiger partial charge on any atom is 0.322 e. The molecule has 3 heterocycles. The minimum atomic E-state index is -1.54. The molecule has 0 unspecified atom stereocenters. The standard InChI is InChI=1S/C24H21N5O4/c1-14-25-19(15-6-4-3-5-7-15)11-20(26-14)24(22(31)27-23(32)28-24)13-29-12-16-8-9-17(33-2)10-18(16)21(29)30/h3-12,30H,13H2,1-2H3,(H2,27,28,31,32)/t24-/m0/s1. The van der Waals surface area contributed by atoms with Crippen molar-refractivity contribution in [2.45, 2.75) is 19.0 Å². The van der Waals surface area contributed by atoms with Gasteiger partial charge in [0.1, 0.15) is 11.6 Å². The molecule has 0 spiro atoms. The number of rotatable bonds is 5. The monoisotopic (exact) mass is 443 g/mol. The van der Waals surface area contributed by atoms with Crippen molar-refractivity contribution in [2.24, 2.45) is 0 Å². The van der Waals surface area contributed by atoms with Crippen molar-refractivity contribution in [3.8, 4) is 22.9 Å². The highest BCUT2D eigenvalue weighted by atomic mass is 16.5. The molecule has 1 saturated heterocycles. The Morgan fingerprint density at radius 1 is 1.09 bits per heavy atom. The summed E-state index contributed by atoms with van der Waals surface area (Å²) in [5.74, 6) is 0.438. The molecule has 1 atom stereocenters. The van der Waals surface area contributed by atoms with E-state index in [2.05, 4.69) is 20.6 Å². The van der Waals surface area contributed by atoms with E-state index in [1.54, 1.807) is 38.4 Å². The van der Waals surface area contributed by atoms with Gasteiger partial charge < -0.3 is 19.7 Å². The number of fused-ring (bicyclic) bond motifs is 1. The molecular formula is C24H21N5O4. The van der Waals surface area contributed by atoms with Crippen molar-refractivity contribution >= 4 is 22.7 Å². The lowest BCUT2D eigenvalue weighted by Crippen LogP contribution is -2.48. The number of nitrogens with one attached hydrogen (secondary N) is 2. The zero-order chi connectivity index (χ0) is 23.2. The lowest BCUT2D eigenvalue weighted by atomic mass is 9.93. The Labute approximate surface area is 189 Å². The summed E-state index contributed by atoms with van der Waals surface area (Å²) >= 11 is 0. The number of methoxy groups -OCH3 is 1. The fourth-order valence-corrected chi connectivity index (χ4v) is 4.14. The van der Waals surface area contributed by atoms with E-state index in [4.69, 9.17) is 4.74 Å². The summed E-state index contributed by atoms with van der Waals surface area (Å²) in [5.41, 5.74) is 0.265. The van der Waals surface area contributed by atoms with Gasteiger partial charge in [-0.15, -0.1) is 0 Å². The summed E-state index contributed by atoms with van der Waals surface area (Å²) in [5, 5.41) is 17.3. The summed E-state index contributed by atoms with van der Waals surface area (Å²) in [7, 11) is 1.55. The molecule has 2 aromatic carbocycles. The minimum Gasteiger partial charge on any atom is -0.497 e. The van der Waals surface area contributed by atoms with Crippen molar-refractivity contribution in [2.75, 3.05) is 7.11 Å². The van der Waals surface area contributed by atoms with Crippen LogP contribution in [0.3, 0.4) is 0 Å². The number of carbonyl (C=O) groups is 2. The van der Waals surface area contributed by atoms with E-state index in [9.17, 15) is 14.7 Å². The van der Waals surface area contributed by atoms with Crippen LogP contribution in [0.5, 0.6) is 11.6 Å². The average molecular weight is 443 g/mol. The van der Waals surface area contributed by atoms with Crippen LogP contribution in [0.2, 0.25) is 0 Å². The predicted octanol–water partition coefficient (Wildman–Crippen LogP) is 2.86. The van der Waals surface area contributed by atoms with Crippen molar-refractivity contribution in [1.82, 2.24) is 25.2 Å². The van der Waals surface area contributed by atoms with Gasteiger partial charge in [-0.3, -0.25) is 10.1 Å². The predicted molar refractivity (Wildman–Crippen MR) is 121 cm³/mol. The second kappa shape index (κ2) is 7.63. The van der Waals surface area contributed by atoms with Gasteiger partial charge >= 0.3 is 6.03 Å². The van der Waals surface area contributed by atoms with Crippen molar-refractivity contribution in [3.63, 3.8) is 0 Å². The van der Waals surface area contributed by atoms with Crippen molar-refractivity contribution in [1.29, 1.82) is 0 Å². The highest BCUT2D eigenvalue weighted by Crippen LogP contribution is 2.35.